The predicted octanol–water partition coefficient (Wildman–Crippen LogP) is 2.46. The molecule has 0 amide bonds. The lowest BCUT2D eigenvalue weighted by atomic mass is 10.3. The van der Waals surface area contributed by atoms with Crippen LogP contribution in [0, 0.1) is 0 Å². The zero-order valence-corrected chi connectivity index (χ0v) is 7.66. The molecular formula is C10H15NO. The number of carbonyl (C=O) groups is 1. The Morgan fingerprint density at radius 3 is 1.67 bits per heavy atom. The molecule has 66 valence electrons. The molecule has 0 aliphatic carbocycles. The monoisotopic (exact) mass is 165 g/mol. The number of ketones is 1. The molecular weight excluding hydrogens is 150 g/mol. The molecule has 1 aromatic heterocycles. The number of aromatic nitrogens is 1. The zero-order chi connectivity index (χ0) is 9.23. The lowest BCUT2D eigenvalue weighted by molar-refractivity contribution is -0.118. The Kier molecular flexibility index (Phi) is 7.14. The Labute approximate surface area is 73.6 Å². The number of rotatable bonds is 2. The Balaban J connectivity index is 0.000000202. The average molecular weight is 165 g/mol. The van der Waals surface area contributed by atoms with Crippen LogP contribution in [0.5, 0.6) is 0 Å². The molecule has 12 heavy (non-hydrogen) atoms. The van der Waals surface area contributed by atoms with Crippen LogP contribution in [0.1, 0.15) is 26.7 Å². The van der Waals surface area contributed by atoms with E-state index in [1.54, 1.807) is 12.4 Å². The largest absolute Gasteiger partial charge is 0.300 e. The first-order valence-electron chi connectivity index (χ1n) is 4.18. The van der Waals surface area contributed by atoms with Crippen molar-refractivity contribution in [2.75, 3.05) is 0 Å². The summed E-state index contributed by atoms with van der Waals surface area (Å²) in [5.41, 5.74) is 0. The topological polar surface area (TPSA) is 30.0 Å². The van der Waals surface area contributed by atoms with Gasteiger partial charge in [-0.15, -0.1) is 0 Å². The van der Waals surface area contributed by atoms with Crippen LogP contribution in [0.4, 0.5) is 0 Å². The lowest BCUT2D eigenvalue weighted by Gasteiger charge is -1.81. The van der Waals surface area contributed by atoms with E-state index in [4.69, 9.17) is 0 Å². The highest BCUT2D eigenvalue weighted by Gasteiger charge is 1.86. The summed E-state index contributed by atoms with van der Waals surface area (Å²) in [6.45, 7) is 3.76. The minimum atomic E-state index is 0.343. The molecule has 0 aromatic carbocycles. The van der Waals surface area contributed by atoms with Gasteiger partial charge in [-0.3, -0.25) is 9.78 Å². The van der Waals surface area contributed by atoms with Crippen LogP contribution in [-0.2, 0) is 4.79 Å². The summed E-state index contributed by atoms with van der Waals surface area (Å²) in [5.74, 6) is 0.343. The molecule has 2 heteroatoms. The van der Waals surface area contributed by atoms with E-state index in [1.165, 1.54) is 0 Å². The first kappa shape index (κ1) is 10.8. The van der Waals surface area contributed by atoms with Crippen molar-refractivity contribution in [2.24, 2.45) is 0 Å². The molecule has 0 saturated carbocycles. The highest BCUT2D eigenvalue weighted by atomic mass is 16.1. The van der Waals surface area contributed by atoms with Crippen LogP contribution in [0.3, 0.4) is 0 Å². The van der Waals surface area contributed by atoms with Crippen molar-refractivity contribution in [3.05, 3.63) is 30.6 Å². The van der Waals surface area contributed by atoms with Crippen molar-refractivity contribution in [1.82, 2.24) is 4.98 Å². The fraction of sp³-hybridized carbons (Fsp3) is 0.400. The van der Waals surface area contributed by atoms with Crippen molar-refractivity contribution in [2.45, 2.75) is 26.7 Å². The van der Waals surface area contributed by atoms with Gasteiger partial charge in [0.15, 0.2) is 0 Å². The molecule has 0 saturated heterocycles. The van der Waals surface area contributed by atoms with E-state index >= 15 is 0 Å². The second-order valence-electron chi connectivity index (χ2n) is 2.27. The van der Waals surface area contributed by atoms with E-state index < -0.39 is 0 Å². The van der Waals surface area contributed by atoms with Gasteiger partial charge in [0.1, 0.15) is 5.78 Å². The predicted molar refractivity (Wildman–Crippen MR) is 49.8 cm³/mol. The van der Waals surface area contributed by atoms with Crippen LogP contribution in [0.25, 0.3) is 0 Å². The number of Topliss-reactive ketones (excluding diaryl/α,β-unsaturated/α-hetero) is 1. The quantitative estimate of drug-likeness (QED) is 0.673. The molecule has 0 unspecified atom stereocenters. The standard InChI is InChI=1S/C5H5N.C5H10O/c1-2-4-6-5-3-1;1-3-5(6)4-2/h1-5H;3-4H2,1-2H3. The van der Waals surface area contributed by atoms with E-state index in [0.29, 0.717) is 18.6 Å². The fourth-order valence-electron chi connectivity index (χ4n) is 0.563. The molecule has 0 fully saturated rings. The van der Waals surface area contributed by atoms with Gasteiger partial charge in [-0.1, -0.05) is 19.9 Å². The van der Waals surface area contributed by atoms with Crippen molar-refractivity contribution < 1.29 is 4.79 Å². The van der Waals surface area contributed by atoms with Crippen molar-refractivity contribution >= 4 is 5.78 Å². The van der Waals surface area contributed by atoms with Crippen LogP contribution >= 0.6 is 0 Å². The summed E-state index contributed by atoms with van der Waals surface area (Å²) < 4.78 is 0. The number of nitrogens with zero attached hydrogens (tertiary/aromatic N) is 1. The minimum absolute atomic E-state index is 0.343. The summed E-state index contributed by atoms with van der Waals surface area (Å²) in [6.07, 6.45) is 4.88. The van der Waals surface area contributed by atoms with Gasteiger partial charge in [0.25, 0.3) is 0 Å². The molecule has 0 spiro atoms. The summed E-state index contributed by atoms with van der Waals surface area (Å²) in [6, 6.07) is 5.72. The van der Waals surface area contributed by atoms with Gasteiger partial charge in [-0.05, 0) is 12.1 Å². The van der Waals surface area contributed by atoms with Gasteiger partial charge in [0.2, 0.25) is 0 Å². The highest BCUT2D eigenvalue weighted by molar-refractivity contribution is 5.77. The van der Waals surface area contributed by atoms with Gasteiger partial charge in [-0.25, -0.2) is 0 Å². The van der Waals surface area contributed by atoms with Crippen LogP contribution < -0.4 is 0 Å². The van der Waals surface area contributed by atoms with Gasteiger partial charge >= 0.3 is 0 Å². The molecule has 0 aliphatic rings. The summed E-state index contributed by atoms with van der Waals surface area (Å²) >= 11 is 0. The first-order chi connectivity index (χ1) is 5.81. The molecule has 0 bridgehead atoms. The summed E-state index contributed by atoms with van der Waals surface area (Å²) in [7, 11) is 0. The molecule has 0 atom stereocenters. The second kappa shape index (κ2) is 7.92. The molecule has 0 N–H and O–H groups in total. The van der Waals surface area contributed by atoms with E-state index in [1.807, 2.05) is 32.0 Å². The smallest absolute Gasteiger partial charge is 0.132 e. The van der Waals surface area contributed by atoms with Crippen LogP contribution in [-0.4, -0.2) is 10.8 Å². The summed E-state index contributed by atoms with van der Waals surface area (Å²) in [4.78, 5) is 14.0. The van der Waals surface area contributed by atoms with Crippen molar-refractivity contribution in [3.63, 3.8) is 0 Å². The number of carbonyl (C=O) groups excluding carboxylic acids is 1. The molecule has 1 heterocycles. The van der Waals surface area contributed by atoms with Crippen molar-refractivity contribution in [1.29, 1.82) is 0 Å². The minimum Gasteiger partial charge on any atom is -0.300 e. The maximum Gasteiger partial charge on any atom is 0.132 e. The van der Waals surface area contributed by atoms with Gasteiger partial charge in [0, 0.05) is 25.2 Å². The van der Waals surface area contributed by atoms with Gasteiger partial charge < -0.3 is 0 Å². The van der Waals surface area contributed by atoms with Gasteiger partial charge in [-0.2, -0.15) is 0 Å². The van der Waals surface area contributed by atoms with E-state index in [-0.39, 0.29) is 0 Å². The van der Waals surface area contributed by atoms with Gasteiger partial charge in [0.05, 0.1) is 0 Å². The number of pyridine rings is 1. The lowest BCUT2D eigenvalue weighted by Crippen LogP contribution is -1.88. The van der Waals surface area contributed by atoms with Crippen LogP contribution in [0.15, 0.2) is 30.6 Å². The fourth-order valence-corrected chi connectivity index (χ4v) is 0.563. The second-order valence-corrected chi connectivity index (χ2v) is 2.27. The normalized spacial score (nSPS) is 8.17. The maximum absolute atomic E-state index is 10.2. The third-order valence-electron chi connectivity index (χ3n) is 1.36. The third-order valence-corrected chi connectivity index (χ3v) is 1.36. The molecule has 1 rings (SSSR count). The molecule has 0 aliphatic heterocycles. The Morgan fingerprint density at radius 2 is 1.58 bits per heavy atom. The SMILES string of the molecule is CCC(=O)CC.c1ccncc1. The van der Waals surface area contributed by atoms with Crippen molar-refractivity contribution in [3.8, 4) is 0 Å². The first-order valence-corrected chi connectivity index (χ1v) is 4.18. The Hall–Kier alpha value is -1.18. The van der Waals surface area contributed by atoms with E-state index in [0.717, 1.165) is 0 Å². The highest BCUT2D eigenvalue weighted by Crippen LogP contribution is 1.83. The molecule has 1 aromatic rings. The maximum atomic E-state index is 10.2. The van der Waals surface area contributed by atoms with Crippen LogP contribution in [0.2, 0.25) is 0 Å². The van der Waals surface area contributed by atoms with E-state index in [9.17, 15) is 4.79 Å². The zero-order valence-electron chi connectivity index (χ0n) is 7.66. The molecule has 2 nitrogen and oxygen atoms in total. The Morgan fingerprint density at radius 1 is 1.08 bits per heavy atom. The number of hydrogen-bond donors (Lipinski definition) is 0. The molecule has 0 radical (unpaired) electrons. The Bertz CT molecular complexity index is 164. The number of hydrogen-bond acceptors (Lipinski definition) is 2. The summed E-state index contributed by atoms with van der Waals surface area (Å²) in [5, 5.41) is 0. The van der Waals surface area contributed by atoms with E-state index in [2.05, 4.69) is 4.98 Å². The third kappa shape index (κ3) is 6.93. The average Bonchev–Trinajstić information content (AvgIpc) is 2.20.